The molecule has 1 aromatic carbocycles. The molecule has 2 heterocycles. The predicted octanol–water partition coefficient (Wildman–Crippen LogP) is 3.35. The summed E-state index contributed by atoms with van der Waals surface area (Å²) < 4.78 is 13.1. The van der Waals surface area contributed by atoms with Gasteiger partial charge in [-0.3, -0.25) is 0 Å². The van der Waals surface area contributed by atoms with E-state index < -0.39 is 0 Å². The van der Waals surface area contributed by atoms with Crippen LogP contribution in [0.5, 0.6) is 11.5 Å². The van der Waals surface area contributed by atoms with Gasteiger partial charge >= 0.3 is 0 Å². The Morgan fingerprint density at radius 3 is 2.45 bits per heavy atom. The van der Waals surface area contributed by atoms with Gasteiger partial charge in [-0.25, -0.2) is 0 Å². The van der Waals surface area contributed by atoms with Crippen LogP contribution in [0.15, 0.2) is 4.47 Å². The highest BCUT2D eigenvalue weighted by Gasteiger charge is 2.29. The van der Waals surface area contributed by atoms with Crippen LogP contribution in [0.3, 0.4) is 0 Å². The van der Waals surface area contributed by atoms with Gasteiger partial charge in [0.2, 0.25) is 0 Å². The molecular weight excluding hydrogens is 318 g/mol. The predicted molar refractivity (Wildman–Crippen MR) is 81.6 cm³/mol. The van der Waals surface area contributed by atoms with E-state index in [1.807, 2.05) is 0 Å². The maximum Gasteiger partial charge on any atom is 0.137 e. The van der Waals surface area contributed by atoms with Gasteiger partial charge in [0.25, 0.3) is 0 Å². The Morgan fingerprint density at radius 1 is 1.00 bits per heavy atom. The van der Waals surface area contributed by atoms with Gasteiger partial charge in [0.1, 0.15) is 11.5 Å². The number of hydrogen-bond donors (Lipinski definition) is 1. The van der Waals surface area contributed by atoms with Crippen LogP contribution in [0.25, 0.3) is 0 Å². The molecule has 0 amide bonds. The van der Waals surface area contributed by atoms with Crippen molar-refractivity contribution in [1.29, 1.82) is 0 Å². The van der Waals surface area contributed by atoms with Crippen molar-refractivity contribution >= 4 is 15.9 Å². The number of ether oxygens (including phenoxy) is 2. The summed E-state index contributed by atoms with van der Waals surface area (Å²) in [5, 5.41) is 3.64. The van der Waals surface area contributed by atoms with E-state index >= 15 is 0 Å². The van der Waals surface area contributed by atoms with Crippen LogP contribution in [0.2, 0.25) is 0 Å². The molecular formula is C16H20BrNO2. The second-order valence-corrected chi connectivity index (χ2v) is 6.76. The van der Waals surface area contributed by atoms with Crippen molar-refractivity contribution in [3.8, 4) is 11.5 Å². The van der Waals surface area contributed by atoms with Gasteiger partial charge in [0, 0.05) is 29.3 Å². The lowest BCUT2D eigenvalue weighted by molar-refractivity contribution is 0.266. The van der Waals surface area contributed by atoms with Gasteiger partial charge in [-0.15, -0.1) is 0 Å². The van der Waals surface area contributed by atoms with Gasteiger partial charge in [-0.1, -0.05) is 0 Å². The zero-order valence-corrected chi connectivity index (χ0v) is 13.2. The summed E-state index contributed by atoms with van der Waals surface area (Å²) in [7, 11) is 0. The number of hydrogen-bond acceptors (Lipinski definition) is 3. The van der Waals surface area contributed by atoms with Crippen LogP contribution in [-0.2, 0) is 19.4 Å². The molecule has 1 saturated carbocycles. The Balaban J connectivity index is 1.79. The molecule has 108 valence electrons. The maximum absolute atomic E-state index is 6.03. The molecule has 0 radical (unpaired) electrons. The summed E-state index contributed by atoms with van der Waals surface area (Å²) >= 11 is 3.75. The van der Waals surface area contributed by atoms with Gasteiger partial charge in [-0.05, 0) is 54.5 Å². The smallest absolute Gasteiger partial charge is 0.137 e. The minimum Gasteiger partial charge on any atom is -0.493 e. The zero-order valence-electron chi connectivity index (χ0n) is 11.6. The summed E-state index contributed by atoms with van der Waals surface area (Å²) in [6.45, 7) is 2.60. The quantitative estimate of drug-likeness (QED) is 0.917. The molecule has 1 aliphatic carbocycles. The van der Waals surface area contributed by atoms with Crippen molar-refractivity contribution < 1.29 is 9.47 Å². The Bertz CT molecular complexity index is 503. The third kappa shape index (κ3) is 2.23. The second kappa shape index (κ2) is 5.23. The monoisotopic (exact) mass is 337 g/mol. The first-order valence-electron chi connectivity index (χ1n) is 7.69. The first-order valence-corrected chi connectivity index (χ1v) is 8.49. The van der Waals surface area contributed by atoms with Crippen LogP contribution in [-0.4, -0.2) is 19.3 Å². The summed E-state index contributed by atoms with van der Waals surface area (Å²) in [5.74, 6) is 2.20. The van der Waals surface area contributed by atoms with E-state index in [1.54, 1.807) is 0 Å². The molecule has 20 heavy (non-hydrogen) atoms. The average molecular weight is 338 g/mol. The molecule has 1 aromatic rings. The highest BCUT2D eigenvalue weighted by Crippen LogP contribution is 2.46. The Hall–Kier alpha value is -0.740. The third-order valence-corrected chi connectivity index (χ3v) is 5.27. The molecule has 3 nitrogen and oxygen atoms in total. The lowest BCUT2D eigenvalue weighted by Gasteiger charge is -2.29. The molecule has 4 heteroatoms. The van der Waals surface area contributed by atoms with Gasteiger partial charge in [0.05, 0.1) is 17.7 Å². The Morgan fingerprint density at radius 2 is 1.70 bits per heavy atom. The highest BCUT2D eigenvalue weighted by molar-refractivity contribution is 9.10. The standard InChI is InChI=1S/C16H20BrNO2/c17-14-12-4-2-7-19-15(12)13(9-18-10-5-6-10)11-3-1-8-20-16(11)14/h10,18H,1-9H2. The molecule has 2 aliphatic heterocycles. The van der Waals surface area contributed by atoms with Crippen LogP contribution < -0.4 is 14.8 Å². The van der Waals surface area contributed by atoms with Crippen molar-refractivity contribution in [2.45, 2.75) is 51.1 Å². The molecule has 3 aliphatic rings. The molecule has 1 N–H and O–H groups in total. The molecule has 0 unspecified atom stereocenters. The van der Waals surface area contributed by atoms with E-state index in [-0.39, 0.29) is 0 Å². The van der Waals surface area contributed by atoms with Crippen LogP contribution >= 0.6 is 15.9 Å². The highest BCUT2D eigenvalue weighted by atomic mass is 79.9. The number of halogens is 1. The summed E-state index contributed by atoms with van der Waals surface area (Å²) in [4.78, 5) is 0. The van der Waals surface area contributed by atoms with Crippen LogP contribution in [0, 0.1) is 0 Å². The van der Waals surface area contributed by atoms with Gasteiger partial charge in [-0.2, -0.15) is 0 Å². The van der Waals surface area contributed by atoms with Crippen molar-refractivity contribution in [2.75, 3.05) is 13.2 Å². The third-order valence-electron chi connectivity index (χ3n) is 4.43. The summed E-state index contributed by atoms with van der Waals surface area (Å²) in [6, 6.07) is 0.720. The molecule has 0 bridgehead atoms. The normalized spacial score (nSPS) is 20.6. The van der Waals surface area contributed by atoms with Crippen molar-refractivity contribution in [1.82, 2.24) is 5.32 Å². The van der Waals surface area contributed by atoms with Gasteiger partial charge in [0.15, 0.2) is 0 Å². The molecule has 0 aromatic heterocycles. The van der Waals surface area contributed by atoms with E-state index in [1.165, 1.54) is 29.5 Å². The first-order chi connectivity index (χ1) is 9.84. The van der Waals surface area contributed by atoms with E-state index in [2.05, 4.69) is 21.2 Å². The first kappa shape index (κ1) is 13.0. The topological polar surface area (TPSA) is 30.5 Å². The van der Waals surface area contributed by atoms with Crippen molar-refractivity contribution in [2.24, 2.45) is 0 Å². The van der Waals surface area contributed by atoms with Gasteiger partial charge < -0.3 is 14.8 Å². The lowest BCUT2D eigenvalue weighted by atomic mass is 9.93. The Kier molecular flexibility index (Phi) is 3.39. The summed E-state index contributed by atoms with van der Waals surface area (Å²) in [5.41, 5.74) is 4.02. The second-order valence-electron chi connectivity index (χ2n) is 5.97. The molecule has 0 spiro atoms. The average Bonchev–Trinajstić information content (AvgIpc) is 3.32. The fourth-order valence-corrected chi connectivity index (χ4v) is 3.94. The van der Waals surface area contributed by atoms with E-state index in [4.69, 9.17) is 9.47 Å². The van der Waals surface area contributed by atoms with Crippen molar-refractivity contribution in [3.63, 3.8) is 0 Å². The minimum absolute atomic E-state index is 0.720. The molecule has 4 rings (SSSR count). The number of rotatable bonds is 3. The number of nitrogens with one attached hydrogen (secondary N) is 1. The fourth-order valence-electron chi connectivity index (χ4n) is 3.21. The fraction of sp³-hybridized carbons (Fsp3) is 0.625. The molecule has 0 atom stereocenters. The minimum atomic E-state index is 0.720. The molecule has 0 saturated heterocycles. The van der Waals surface area contributed by atoms with E-state index in [0.717, 1.165) is 67.5 Å². The van der Waals surface area contributed by atoms with Crippen LogP contribution in [0.1, 0.15) is 42.4 Å². The molecule has 1 fully saturated rings. The summed E-state index contributed by atoms with van der Waals surface area (Å²) in [6.07, 6.45) is 7.03. The number of benzene rings is 1. The van der Waals surface area contributed by atoms with Crippen LogP contribution in [0.4, 0.5) is 0 Å². The number of fused-ring (bicyclic) bond motifs is 2. The maximum atomic E-state index is 6.03. The SMILES string of the molecule is Brc1c2c(c(CNC3CC3)c3c1OCCC3)OCCC2. The van der Waals surface area contributed by atoms with Crippen molar-refractivity contribution in [3.05, 3.63) is 21.2 Å². The Labute approximate surface area is 128 Å². The lowest BCUT2D eigenvalue weighted by Crippen LogP contribution is -2.22. The largest absolute Gasteiger partial charge is 0.493 e. The zero-order chi connectivity index (χ0) is 13.5. The van der Waals surface area contributed by atoms with E-state index in [9.17, 15) is 0 Å². The van der Waals surface area contributed by atoms with E-state index in [0.29, 0.717) is 0 Å².